The van der Waals surface area contributed by atoms with Crippen LogP contribution < -0.4 is 10.2 Å². The van der Waals surface area contributed by atoms with Gasteiger partial charge in [0.15, 0.2) is 5.43 Å². The normalized spacial score (nSPS) is 15.9. The van der Waals surface area contributed by atoms with Crippen molar-refractivity contribution in [2.24, 2.45) is 0 Å². The number of thiophene rings is 1. The van der Waals surface area contributed by atoms with Gasteiger partial charge in [-0.05, 0) is 46.7 Å². The molecular formula is C22H14O6S. The zero-order valence-corrected chi connectivity index (χ0v) is 15.7. The highest BCUT2D eigenvalue weighted by Crippen LogP contribution is 2.46. The summed E-state index contributed by atoms with van der Waals surface area (Å²) in [4.78, 5) is 25.0. The number of carbonyl (C=O) groups is 1. The van der Waals surface area contributed by atoms with Crippen LogP contribution in [0.1, 0.15) is 23.5 Å². The number of benzene rings is 2. The maximum atomic E-state index is 12.8. The Morgan fingerprint density at radius 3 is 2.55 bits per heavy atom. The molecule has 0 bridgehead atoms. The van der Waals surface area contributed by atoms with Gasteiger partial charge in [-0.15, -0.1) is 0 Å². The molecule has 4 aromatic rings. The Labute approximate surface area is 168 Å². The Morgan fingerprint density at radius 2 is 1.83 bits per heavy atom. The third-order valence-corrected chi connectivity index (χ3v) is 5.72. The van der Waals surface area contributed by atoms with Crippen molar-refractivity contribution in [3.05, 3.63) is 74.6 Å². The molecular weight excluding hydrogens is 392 g/mol. The average molecular weight is 406 g/mol. The molecule has 2 aromatic heterocycles. The predicted molar refractivity (Wildman–Crippen MR) is 108 cm³/mol. The van der Waals surface area contributed by atoms with Gasteiger partial charge in [0.05, 0.1) is 6.42 Å². The van der Waals surface area contributed by atoms with Crippen LogP contribution in [0.5, 0.6) is 17.2 Å². The first kappa shape index (κ1) is 17.5. The first-order valence-corrected chi connectivity index (χ1v) is 9.81. The van der Waals surface area contributed by atoms with Crippen LogP contribution in [-0.2, 0) is 4.79 Å². The van der Waals surface area contributed by atoms with Gasteiger partial charge in [0, 0.05) is 29.2 Å². The topological polar surface area (TPSA) is 97.0 Å². The van der Waals surface area contributed by atoms with Crippen LogP contribution in [0.4, 0.5) is 0 Å². The van der Waals surface area contributed by atoms with E-state index >= 15 is 0 Å². The zero-order chi connectivity index (χ0) is 20.1. The minimum absolute atomic E-state index is 0.0458. The first-order valence-electron chi connectivity index (χ1n) is 8.87. The van der Waals surface area contributed by atoms with E-state index in [4.69, 9.17) is 9.15 Å². The van der Waals surface area contributed by atoms with Gasteiger partial charge in [0.1, 0.15) is 34.0 Å². The lowest BCUT2D eigenvalue weighted by Crippen LogP contribution is -2.21. The molecule has 0 aliphatic carbocycles. The molecule has 5 rings (SSSR count). The Morgan fingerprint density at radius 1 is 1.03 bits per heavy atom. The van der Waals surface area contributed by atoms with Crippen molar-refractivity contribution >= 4 is 28.3 Å². The Balaban J connectivity index is 1.83. The minimum Gasteiger partial charge on any atom is -0.508 e. The number of carbonyl (C=O) groups excluding carboxylic acids is 1. The van der Waals surface area contributed by atoms with Crippen molar-refractivity contribution in [1.29, 1.82) is 0 Å². The number of fused-ring (bicyclic) bond motifs is 3. The van der Waals surface area contributed by atoms with Crippen LogP contribution >= 0.6 is 11.3 Å². The number of rotatable bonds is 2. The van der Waals surface area contributed by atoms with E-state index in [2.05, 4.69) is 0 Å². The summed E-state index contributed by atoms with van der Waals surface area (Å²) in [6.45, 7) is 0. The molecule has 0 fully saturated rings. The van der Waals surface area contributed by atoms with Gasteiger partial charge in [0.25, 0.3) is 0 Å². The molecule has 144 valence electrons. The zero-order valence-electron chi connectivity index (χ0n) is 14.9. The molecule has 0 radical (unpaired) electrons. The molecule has 3 heterocycles. The van der Waals surface area contributed by atoms with E-state index in [9.17, 15) is 19.8 Å². The highest BCUT2D eigenvalue weighted by molar-refractivity contribution is 7.08. The van der Waals surface area contributed by atoms with Gasteiger partial charge in [-0.3, -0.25) is 9.59 Å². The van der Waals surface area contributed by atoms with Gasteiger partial charge >= 0.3 is 5.97 Å². The predicted octanol–water partition coefficient (Wildman–Crippen LogP) is 4.37. The summed E-state index contributed by atoms with van der Waals surface area (Å²) in [6.07, 6.45) is 0.108. The van der Waals surface area contributed by atoms with Gasteiger partial charge in [-0.1, -0.05) is 0 Å². The van der Waals surface area contributed by atoms with E-state index in [0.29, 0.717) is 11.1 Å². The number of hydrogen-bond donors (Lipinski definition) is 2. The SMILES string of the molecule is O=C1C[C@H](c2ccsc2)c2c(cc(O)c3c(=O)cc(-c4ccc(O)cc4)oc23)O1. The molecule has 7 heteroatoms. The molecule has 2 N–H and O–H groups in total. The first-order chi connectivity index (χ1) is 14.0. The van der Waals surface area contributed by atoms with E-state index in [-0.39, 0.29) is 46.3 Å². The Kier molecular flexibility index (Phi) is 3.92. The second-order valence-electron chi connectivity index (χ2n) is 6.82. The quantitative estimate of drug-likeness (QED) is 0.379. The molecule has 6 nitrogen and oxygen atoms in total. The molecule has 2 aromatic carbocycles. The second kappa shape index (κ2) is 6.49. The van der Waals surface area contributed by atoms with E-state index in [1.807, 2.05) is 16.8 Å². The van der Waals surface area contributed by atoms with Gasteiger partial charge in [-0.2, -0.15) is 11.3 Å². The number of phenols is 2. The van der Waals surface area contributed by atoms with E-state index in [1.165, 1.54) is 35.6 Å². The smallest absolute Gasteiger partial charge is 0.312 e. The molecule has 0 saturated carbocycles. The van der Waals surface area contributed by atoms with Crippen molar-refractivity contribution in [1.82, 2.24) is 0 Å². The molecule has 1 aliphatic heterocycles. The number of phenolic OH excluding ortho intramolecular Hbond substituents is 2. The monoisotopic (exact) mass is 406 g/mol. The van der Waals surface area contributed by atoms with E-state index in [0.717, 1.165) is 5.56 Å². The van der Waals surface area contributed by atoms with Crippen molar-refractivity contribution in [2.75, 3.05) is 0 Å². The lowest BCUT2D eigenvalue weighted by molar-refractivity contribution is -0.135. The summed E-state index contributed by atoms with van der Waals surface area (Å²) in [5, 5.41) is 23.8. The lowest BCUT2D eigenvalue weighted by atomic mass is 9.86. The van der Waals surface area contributed by atoms with Gasteiger partial charge in [-0.25, -0.2) is 0 Å². The summed E-state index contributed by atoms with van der Waals surface area (Å²) in [7, 11) is 0. The number of esters is 1. The third kappa shape index (κ3) is 2.87. The summed E-state index contributed by atoms with van der Waals surface area (Å²) >= 11 is 1.50. The van der Waals surface area contributed by atoms with Gasteiger partial charge < -0.3 is 19.4 Å². The van der Waals surface area contributed by atoms with Crippen molar-refractivity contribution in [2.45, 2.75) is 12.3 Å². The van der Waals surface area contributed by atoms with Crippen LogP contribution in [0.3, 0.4) is 0 Å². The van der Waals surface area contributed by atoms with E-state index < -0.39 is 11.4 Å². The van der Waals surface area contributed by atoms with Crippen molar-refractivity contribution in [3.63, 3.8) is 0 Å². The molecule has 0 amide bonds. The largest absolute Gasteiger partial charge is 0.508 e. The summed E-state index contributed by atoms with van der Waals surface area (Å²) in [5.41, 5.74) is 1.86. The maximum absolute atomic E-state index is 12.8. The summed E-state index contributed by atoms with van der Waals surface area (Å²) < 4.78 is 11.4. The second-order valence-corrected chi connectivity index (χ2v) is 7.60. The number of ether oxygens (including phenoxy) is 1. The molecule has 0 saturated heterocycles. The van der Waals surface area contributed by atoms with Crippen LogP contribution in [0.25, 0.3) is 22.3 Å². The molecule has 0 spiro atoms. The standard InChI is InChI=1S/C22H14O6S/c23-13-3-1-11(2-4-13)17-8-15(24)21-16(25)9-18-20(22(21)28-17)14(7-19(26)27-18)12-5-6-29-10-12/h1-6,8-10,14,23,25H,7H2/t14-/m1/s1. The fourth-order valence-electron chi connectivity index (χ4n) is 3.68. The summed E-state index contributed by atoms with van der Waals surface area (Å²) in [5.74, 6) is -0.493. The highest BCUT2D eigenvalue weighted by Gasteiger charge is 2.33. The Bertz CT molecular complexity index is 1300. The van der Waals surface area contributed by atoms with Crippen LogP contribution in [0.2, 0.25) is 0 Å². The average Bonchev–Trinajstić information content (AvgIpc) is 3.22. The number of aromatic hydroxyl groups is 2. The van der Waals surface area contributed by atoms with E-state index in [1.54, 1.807) is 12.1 Å². The molecule has 1 aliphatic rings. The van der Waals surface area contributed by atoms with Crippen LogP contribution in [0, 0.1) is 0 Å². The lowest BCUT2D eigenvalue weighted by Gasteiger charge is -2.25. The maximum Gasteiger partial charge on any atom is 0.312 e. The van der Waals surface area contributed by atoms with Crippen LogP contribution in [-0.4, -0.2) is 16.2 Å². The Hall–Kier alpha value is -3.58. The summed E-state index contributed by atoms with van der Waals surface area (Å²) in [6, 6.07) is 10.8. The fraction of sp³-hybridized carbons (Fsp3) is 0.0909. The minimum atomic E-state index is -0.413. The highest BCUT2D eigenvalue weighted by atomic mass is 32.1. The number of hydrogen-bond acceptors (Lipinski definition) is 7. The molecule has 1 atom stereocenters. The molecule has 0 unspecified atom stereocenters. The van der Waals surface area contributed by atoms with Gasteiger partial charge in [0.2, 0.25) is 0 Å². The third-order valence-electron chi connectivity index (χ3n) is 5.02. The van der Waals surface area contributed by atoms with Crippen molar-refractivity contribution < 1.29 is 24.2 Å². The fourth-order valence-corrected chi connectivity index (χ4v) is 4.40. The van der Waals surface area contributed by atoms with Crippen LogP contribution in [0.15, 0.2) is 62.4 Å². The van der Waals surface area contributed by atoms with Crippen molar-refractivity contribution in [3.8, 4) is 28.6 Å². The molecule has 29 heavy (non-hydrogen) atoms.